The monoisotopic (exact) mass is 492 g/mol. The van der Waals surface area contributed by atoms with E-state index in [-0.39, 0.29) is 5.56 Å². The van der Waals surface area contributed by atoms with Crippen molar-refractivity contribution in [2.75, 3.05) is 36.5 Å². The van der Waals surface area contributed by atoms with Gasteiger partial charge in [0, 0.05) is 42.4 Å². The quantitative estimate of drug-likeness (QED) is 0.330. The number of hydrogen-bond acceptors (Lipinski definition) is 9. The Morgan fingerprint density at radius 3 is 2.44 bits per heavy atom. The van der Waals surface area contributed by atoms with Crippen molar-refractivity contribution in [3.05, 3.63) is 58.7 Å². The van der Waals surface area contributed by atoms with Gasteiger partial charge in [-0.15, -0.1) is 5.10 Å². The number of tetrazole rings is 1. The van der Waals surface area contributed by atoms with Gasteiger partial charge < -0.3 is 24.1 Å². The minimum atomic E-state index is -0.731. The van der Waals surface area contributed by atoms with Gasteiger partial charge in [-0.25, -0.2) is 4.79 Å². The molecule has 0 fully saturated rings. The van der Waals surface area contributed by atoms with E-state index in [4.69, 9.17) is 13.9 Å². The van der Waals surface area contributed by atoms with Crippen LogP contribution in [-0.4, -0.2) is 52.4 Å². The van der Waals surface area contributed by atoms with Crippen LogP contribution in [-0.2, 0) is 0 Å². The van der Waals surface area contributed by atoms with Gasteiger partial charge in [-0.2, -0.15) is 4.68 Å². The summed E-state index contributed by atoms with van der Waals surface area (Å²) in [5.41, 5.74) is 1.38. The molecule has 11 heteroatoms. The van der Waals surface area contributed by atoms with Gasteiger partial charge in [0.2, 0.25) is 0 Å². The van der Waals surface area contributed by atoms with Gasteiger partial charge in [-0.3, -0.25) is 4.79 Å². The number of amides is 1. The second-order valence-corrected chi connectivity index (χ2v) is 7.73. The minimum absolute atomic E-state index is 0.122. The standard InChI is InChI=1S/C25H28N6O5/c1-5-30(6-2)17-10-9-16-11-18(25(33)36-21(16)12-17)24(32)27-19-13-23(35-8-4)20(14-22(19)34-7-3)31-15-26-28-29-31/h9-15H,5-8H2,1-4H3,(H,27,32). The van der Waals surface area contributed by atoms with Crippen LogP contribution >= 0.6 is 0 Å². The fourth-order valence-corrected chi connectivity index (χ4v) is 3.88. The zero-order valence-electron chi connectivity index (χ0n) is 20.6. The Morgan fingerprint density at radius 1 is 1.03 bits per heavy atom. The summed E-state index contributed by atoms with van der Waals surface area (Å²) >= 11 is 0. The average Bonchev–Trinajstić information content (AvgIpc) is 3.41. The SMILES string of the molecule is CCOc1cc(-n2cnnn2)c(OCC)cc1NC(=O)c1cc2ccc(N(CC)CC)cc2oc1=O. The third-order valence-electron chi connectivity index (χ3n) is 5.60. The van der Waals surface area contributed by atoms with Crippen molar-refractivity contribution in [1.29, 1.82) is 0 Å². The van der Waals surface area contributed by atoms with Crippen LogP contribution in [0.5, 0.6) is 11.5 Å². The van der Waals surface area contributed by atoms with Crippen molar-refractivity contribution in [3.63, 3.8) is 0 Å². The van der Waals surface area contributed by atoms with E-state index in [2.05, 4.69) is 39.6 Å². The Kier molecular flexibility index (Phi) is 7.47. The molecule has 4 aromatic rings. The third-order valence-corrected chi connectivity index (χ3v) is 5.60. The van der Waals surface area contributed by atoms with Crippen molar-refractivity contribution in [2.45, 2.75) is 27.7 Å². The molecule has 2 aromatic heterocycles. The number of benzene rings is 2. The molecule has 0 unspecified atom stereocenters. The molecule has 0 aliphatic rings. The number of aromatic nitrogens is 4. The summed E-state index contributed by atoms with van der Waals surface area (Å²) in [5.74, 6) is 0.170. The largest absolute Gasteiger partial charge is 0.492 e. The van der Waals surface area contributed by atoms with Crippen LogP contribution < -0.4 is 25.3 Å². The predicted octanol–water partition coefficient (Wildman–Crippen LogP) is 3.66. The molecular formula is C25H28N6O5. The van der Waals surface area contributed by atoms with E-state index in [0.717, 1.165) is 18.8 Å². The highest BCUT2D eigenvalue weighted by Crippen LogP contribution is 2.35. The van der Waals surface area contributed by atoms with Crippen molar-refractivity contribution in [3.8, 4) is 17.2 Å². The fraction of sp³-hybridized carbons (Fsp3) is 0.320. The number of carbonyl (C=O) groups excluding carboxylic acids is 1. The molecule has 0 aliphatic heterocycles. The first kappa shape index (κ1) is 24.7. The number of rotatable bonds is 10. The summed E-state index contributed by atoms with van der Waals surface area (Å²) in [5, 5.41) is 14.6. The number of nitrogens with zero attached hydrogens (tertiary/aromatic N) is 5. The summed E-state index contributed by atoms with van der Waals surface area (Å²) in [7, 11) is 0. The summed E-state index contributed by atoms with van der Waals surface area (Å²) in [6, 6.07) is 10.4. The number of ether oxygens (including phenoxy) is 2. The van der Waals surface area contributed by atoms with Gasteiger partial charge >= 0.3 is 5.63 Å². The Labute approximate surface area is 207 Å². The third kappa shape index (κ3) is 4.99. The molecule has 188 valence electrons. The fourth-order valence-electron chi connectivity index (χ4n) is 3.88. The van der Waals surface area contributed by atoms with Gasteiger partial charge in [0.1, 0.15) is 34.7 Å². The lowest BCUT2D eigenvalue weighted by atomic mass is 10.1. The molecule has 0 aliphatic carbocycles. The van der Waals surface area contributed by atoms with Crippen molar-refractivity contribution >= 4 is 28.3 Å². The van der Waals surface area contributed by atoms with Crippen molar-refractivity contribution in [2.24, 2.45) is 0 Å². The minimum Gasteiger partial charge on any atom is -0.492 e. The van der Waals surface area contributed by atoms with Gasteiger partial charge in [0.05, 0.1) is 18.9 Å². The summed E-state index contributed by atoms with van der Waals surface area (Å²) in [6.07, 6.45) is 1.43. The average molecular weight is 493 g/mol. The maximum Gasteiger partial charge on any atom is 0.349 e. The van der Waals surface area contributed by atoms with Crippen LogP contribution in [0.1, 0.15) is 38.1 Å². The molecule has 1 N–H and O–H groups in total. The molecule has 4 rings (SSSR count). The molecule has 11 nitrogen and oxygen atoms in total. The zero-order chi connectivity index (χ0) is 25.7. The maximum atomic E-state index is 13.2. The van der Waals surface area contributed by atoms with E-state index in [0.29, 0.717) is 47.1 Å². The van der Waals surface area contributed by atoms with Crippen LogP contribution in [0.25, 0.3) is 16.7 Å². The molecule has 0 bridgehead atoms. The summed E-state index contributed by atoms with van der Waals surface area (Å²) < 4.78 is 18.4. The Bertz CT molecular complexity index is 1410. The Morgan fingerprint density at radius 2 is 1.78 bits per heavy atom. The van der Waals surface area contributed by atoms with Crippen LogP contribution in [0.4, 0.5) is 11.4 Å². The highest BCUT2D eigenvalue weighted by atomic mass is 16.5. The first-order chi connectivity index (χ1) is 17.5. The molecule has 1 amide bonds. The van der Waals surface area contributed by atoms with E-state index in [9.17, 15) is 9.59 Å². The second-order valence-electron chi connectivity index (χ2n) is 7.73. The van der Waals surface area contributed by atoms with Gasteiger partial charge in [0.25, 0.3) is 5.91 Å². The molecule has 2 aromatic carbocycles. The van der Waals surface area contributed by atoms with E-state index >= 15 is 0 Å². The maximum absolute atomic E-state index is 13.2. The smallest absolute Gasteiger partial charge is 0.349 e. The number of hydrogen-bond donors (Lipinski definition) is 1. The first-order valence-corrected chi connectivity index (χ1v) is 11.8. The van der Waals surface area contributed by atoms with Crippen LogP contribution in [0, 0.1) is 0 Å². The van der Waals surface area contributed by atoms with E-state index in [1.807, 2.05) is 32.0 Å². The van der Waals surface area contributed by atoms with Crippen molar-refractivity contribution < 1.29 is 18.7 Å². The summed E-state index contributed by atoms with van der Waals surface area (Å²) in [6.45, 7) is 10.1. The molecule has 0 saturated heterocycles. The number of nitrogens with one attached hydrogen (secondary N) is 1. The van der Waals surface area contributed by atoms with E-state index in [1.54, 1.807) is 12.1 Å². The number of fused-ring (bicyclic) bond motifs is 1. The highest BCUT2D eigenvalue weighted by molar-refractivity contribution is 6.06. The highest BCUT2D eigenvalue weighted by Gasteiger charge is 2.20. The molecule has 0 saturated carbocycles. The molecule has 36 heavy (non-hydrogen) atoms. The van der Waals surface area contributed by atoms with Crippen molar-refractivity contribution in [1.82, 2.24) is 20.2 Å². The lowest BCUT2D eigenvalue weighted by molar-refractivity contribution is 0.102. The molecule has 0 spiro atoms. The number of anilines is 2. The predicted molar refractivity (Wildman–Crippen MR) is 135 cm³/mol. The topological polar surface area (TPSA) is 125 Å². The molecular weight excluding hydrogens is 464 g/mol. The molecule has 0 atom stereocenters. The van der Waals surface area contributed by atoms with E-state index < -0.39 is 11.5 Å². The molecule has 2 heterocycles. The van der Waals surface area contributed by atoms with Crippen LogP contribution in [0.2, 0.25) is 0 Å². The Hall–Kier alpha value is -4.41. The lowest BCUT2D eigenvalue weighted by Crippen LogP contribution is -2.22. The molecule has 0 radical (unpaired) electrons. The van der Waals surface area contributed by atoms with Gasteiger partial charge in [-0.1, -0.05) is 0 Å². The van der Waals surface area contributed by atoms with Gasteiger partial charge in [-0.05, 0) is 56.3 Å². The second kappa shape index (κ2) is 10.9. The van der Waals surface area contributed by atoms with Crippen LogP contribution in [0.3, 0.4) is 0 Å². The van der Waals surface area contributed by atoms with Crippen LogP contribution in [0.15, 0.2) is 51.9 Å². The zero-order valence-corrected chi connectivity index (χ0v) is 20.6. The van der Waals surface area contributed by atoms with E-state index in [1.165, 1.54) is 17.1 Å². The first-order valence-electron chi connectivity index (χ1n) is 11.8. The lowest BCUT2D eigenvalue weighted by Gasteiger charge is -2.21. The number of carbonyl (C=O) groups is 1. The summed E-state index contributed by atoms with van der Waals surface area (Å²) in [4.78, 5) is 28.1. The normalized spacial score (nSPS) is 10.9. The van der Waals surface area contributed by atoms with Gasteiger partial charge in [0.15, 0.2) is 0 Å². The Balaban J connectivity index is 1.70.